The minimum atomic E-state index is -2.80. The Labute approximate surface area is 227 Å². The number of imidazole rings is 1. The largest absolute Gasteiger partial charge is 0.378 e. The van der Waals surface area contributed by atoms with E-state index in [-0.39, 0.29) is 17.7 Å². The van der Waals surface area contributed by atoms with Gasteiger partial charge in [0.2, 0.25) is 11.9 Å². The summed E-state index contributed by atoms with van der Waals surface area (Å²) in [4.78, 5) is 32.8. The number of alkyl halides is 2. The predicted octanol–water partition coefficient (Wildman–Crippen LogP) is 3.33. The topological polar surface area (TPSA) is 91.6 Å². The molecular weight excluding hydrogens is 506 g/mol. The summed E-state index contributed by atoms with van der Waals surface area (Å²) in [6, 6.07) is 8.05. The quantitative estimate of drug-likeness (QED) is 0.440. The molecule has 1 N–H and O–H groups in total. The number of nitrogens with zero attached hydrogens (tertiary/aromatic N) is 7. The van der Waals surface area contributed by atoms with Crippen LogP contribution in [0.2, 0.25) is 0 Å². The van der Waals surface area contributed by atoms with Gasteiger partial charge in [0, 0.05) is 39.3 Å². The Morgan fingerprint density at radius 1 is 1.05 bits per heavy atom. The van der Waals surface area contributed by atoms with Gasteiger partial charge in [0.25, 0.3) is 6.43 Å². The minimum Gasteiger partial charge on any atom is -0.378 e. The van der Waals surface area contributed by atoms with E-state index in [1.54, 1.807) is 49.2 Å². The van der Waals surface area contributed by atoms with E-state index in [1.807, 2.05) is 4.90 Å². The van der Waals surface area contributed by atoms with Gasteiger partial charge >= 0.3 is 0 Å². The summed E-state index contributed by atoms with van der Waals surface area (Å²) in [6.07, 6.45) is 0.873. The van der Waals surface area contributed by atoms with Crippen molar-refractivity contribution in [2.75, 3.05) is 69.7 Å². The molecule has 39 heavy (non-hydrogen) atoms. The molecule has 0 aliphatic carbocycles. The van der Waals surface area contributed by atoms with E-state index in [9.17, 15) is 13.6 Å². The molecule has 210 valence electrons. The number of likely N-dealkylation sites (N-methyl/N-ethyl adjacent to an activating group) is 1. The van der Waals surface area contributed by atoms with E-state index in [0.717, 1.165) is 19.6 Å². The number of piperidine rings is 1. The normalized spacial score (nSPS) is 17.5. The number of morpholine rings is 1. The van der Waals surface area contributed by atoms with Crippen molar-refractivity contribution in [3.05, 3.63) is 36.2 Å². The minimum absolute atomic E-state index is 0.0877. The molecule has 2 aliphatic rings. The molecule has 2 saturated heterocycles. The number of aromatic nitrogens is 4. The van der Waals surface area contributed by atoms with E-state index in [0.29, 0.717) is 49.7 Å². The molecule has 0 saturated carbocycles. The number of rotatable bonds is 9. The Morgan fingerprint density at radius 2 is 1.77 bits per heavy atom. The van der Waals surface area contributed by atoms with Crippen molar-refractivity contribution in [1.29, 1.82) is 0 Å². The standard InChI is InChI=1S/C27H36F2N8O2/c1-19(26(38)34(2)12-13-35-10-6-3-7-11-35)30-27-32-22(36-14-16-39-17-15-36)18-23(33-27)37-21-9-5-4-8-20(21)31-25(37)24(28)29/h4-5,8-9,18-19,24H,3,6-7,10-17H2,1-2H3,(H,30,32,33)/t19-/m0/s1. The molecule has 5 rings (SSSR count). The lowest BCUT2D eigenvalue weighted by molar-refractivity contribution is -0.130. The molecule has 2 aromatic heterocycles. The number of benzene rings is 1. The van der Waals surface area contributed by atoms with Crippen LogP contribution in [0.4, 0.5) is 20.5 Å². The van der Waals surface area contributed by atoms with Crippen molar-refractivity contribution in [3.8, 4) is 5.82 Å². The van der Waals surface area contributed by atoms with Crippen LogP contribution in [0.15, 0.2) is 30.3 Å². The van der Waals surface area contributed by atoms with Crippen LogP contribution in [0.3, 0.4) is 0 Å². The lowest BCUT2D eigenvalue weighted by Gasteiger charge is -2.30. The lowest BCUT2D eigenvalue weighted by atomic mass is 10.1. The van der Waals surface area contributed by atoms with Gasteiger partial charge in [-0.2, -0.15) is 9.97 Å². The zero-order valence-electron chi connectivity index (χ0n) is 22.5. The molecule has 4 heterocycles. The van der Waals surface area contributed by atoms with Crippen molar-refractivity contribution in [1.82, 2.24) is 29.3 Å². The maximum atomic E-state index is 14.1. The monoisotopic (exact) mass is 542 g/mol. The number of amides is 1. The first-order valence-corrected chi connectivity index (χ1v) is 13.6. The van der Waals surface area contributed by atoms with Gasteiger partial charge in [-0.05, 0) is 45.0 Å². The van der Waals surface area contributed by atoms with Gasteiger partial charge in [0.15, 0.2) is 5.82 Å². The number of likely N-dealkylation sites (tertiary alicyclic amines) is 1. The fraction of sp³-hybridized carbons (Fsp3) is 0.556. The van der Waals surface area contributed by atoms with Gasteiger partial charge in [-0.25, -0.2) is 13.8 Å². The van der Waals surface area contributed by atoms with Crippen LogP contribution in [-0.4, -0.2) is 101 Å². The van der Waals surface area contributed by atoms with Crippen molar-refractivity contribution >= 4 is 28.7 Å². The number of hydrogen-bond acceptors (Lipinski definition) is 8. The average molecular weight is 543 g/mol. The van der Waals surface area contributed by atoms with Crippen LogP contribution >= 0.6 is 0 Å². The maximum Gasteiger partial charge on any atom is 0.296 e. The summed E-state index contributed by atoms with van der Waals surface area (Å²) in [6.45, 7) is 7.67. The molecule has 1 amide bonds. The summed E-state index contributed by atoms with van der Waals surface area (Å²) >= 11 is 0. The molecule has 1 atom stereocenters. The Kier molecular flexibility index (Phi) is 8.51. The molecule has 0 spiro atoms. The summed E-state index contributed by atoms with van der Waals surface area (Å²) in [5.41, 5.74) is 0.972. The fourth-order valence-electron chi connectivity index (χ4n) is 5.16. The van der Waals surface area contributed by atoms with Crippen LogP contribution in [-0.2, 0) is 9.53 Å². The van der Waals surface area contributed by atoms with Crippen LogP contribution < -0.4 is 10.2 Å². The van der Waals surface area contributed by atoms with Gasteiger partial charge in [-0.1, -0.05) is 18.6 Å². The van der Waals surface area contributed by atoms with Gasteiger partial charge < -0.3 is 24.8 Å². The predicted molar refractivity (Wildman–Crippen MR) is 146 cm³/mol. The molecule has 0 unspecified atom stereocenters. The van der Waals surface area contributed by atoms with Gasteiger partial charge in [-0.15, -0.1) is 0 Å². The van der Waals surface area contributed by atoms with Crippen LogP contribution in [0, 0.1) is 0 Å². The van der Waals surface area contributed by atoms with Crippen LogP contribution in [0.1, 0.15) is 38.4 Å². The Balaban J connectivity index is 1.42. The van der Waals surface area contributed by atoms with E-state index in [4.69, 9.17) is 4.74 Å². The number of anilines is 2. The number of nitrogens with one attached hydrogen (secondary N) is 1. The van der Waals surface area contributed by atoms with E-state index >= 15 is 0 Å². The van der Waals surface area contributed by atoms with Crippen LogP contribution in [0.25, 0.3) is 16.9 Å². The number of ether oxygens (including phenoxy) is 1. The molecule has 2 fully saturated rings. The molecule has 2 aliphatic heterocycles. The highest BCUT2D eigenvalue weighted by molar-refractivity contribution is 5.83. The second-order valence-corrected chi connectivity index (χ2v) is 10.1. The SMILES string of the molecule is C[C@H](Nc1nc(N2CCOCC2)cc(-n2c(C(F)F)nc3ccccc32)n1)C(=O)N(C)CCN1CCCCC1. The van der Waals surface area contributed by atoms with Gasteiger partial charge in [0.05, 0.1) is 24.2 Å². The smallest absolute Gasteiger partial charge is 0.296 e. The third-order valence-electron chi connectivity index (χ3n) is 7.34. The molecule has 1 aromatic carbocycles. The highest BCUT2D eigenvalue weighted by Crippen LogP contribution is 2.29. The van der Waals surface area contributed by atoms with Crippen molar-refractivity contribution in [3.63, 3.8) is 0 Å². The zero-order valence-corrected chi connectivity index (χ0v) is 22.5. The summed E-state index contributed by atoms with van der Waals surface area (Å²) in [5, 5.41) is 3.13. The number of para-hydroxylation sites is 2. The molecule has 0 bridgehead atoms. The van der Waals surface area contributed by atoms with Gasteiger partial charge in [0.1, 0.15) is 17.7 Å². The number of carbonyl (C=O) groups excluding carboxylic acids is 1. The second kappa shape index (κ2) is 12.2. The first kappa shape index (κ1) is 27.2. The van der Waals surface area contributed by atoms with Gasteiger partial charge in [-0.3, -0.25) is 9.36 Å². The Hall–Kier alpha value is -3.38. The first-order chi connectivity index (χ1) is 18.9. The number of hydrogen-bond donors (Lipinski definition) is 1. The first-order valence-electron chi connectivity index (χ1n) is 13.6. The molecule has 10 nitrogen and oxygen atoms in total. The third kappa shape index (κ3) is 6.27. The van der Waals surface area contributed by atoms with Crippen molar-refractivity contribution < 1.29 is 18.3 Å². The Bertz CT molecular complexity index is 1270. The molecule has 12 heteroatoms. The highest BCUT2D eigenvalue weighted by atomic mass is 19.3. The fourth-order valence-corrected chi connectivity index (χ4v) is 5.16. The molecule has 3 aromatic rings. The summed E-state index contributed by atoms with van der Waals surface area (Å²) in [5.74, 6) is 0.542. The summed E-state index contributed by atoms with van der Waals surface area (Å²) in [7, 11) is 1.80. The van der Waals surface area contributed by atoms with Crippen LogP contribution in [0.5, 0.6) is 0 Å². The Morgan fingerprint density at radius 3 is 2.51 bits per heavy atom. The van der Waals surface area contributed by atoms with E-state index in [2.05, 4.69) is 25.2 Å². The van der Waals surface area contributed by atoms with Crippen molar-refractivity contribution in [2.45, 2.75) is 38.7 Å². The number of halogens is 2. The van der Waals surface area contributed by atoms with Crippen molar-refractivity contribution in [2.24, 2.45) is 0 Å². The highest BCUT2D eigenvalue weighted by Gasteiger charge is 2.25. The maximum absolute atomic E-state index is 14.1. The molecular formula is C27H36F2N8O2. The van der Waals surface area contributed by atoms with E-state index in [1.165, 1.54) is 23.8 Å². The van der Waals surface area contributed by atoms with E-state index < -0.39 is 18.3 Å². The average Bonchev–Trinajstić information content (AvgIpc) is 3.36. The zero-order chi connectivity index (χ0) is 27.4. The molecule has 0 radical (unpaired) electrons. The second-order valence-electron chi connectivity index (χ2n) is 10.1. The lowest BCUT2D eigenvalue weighted by Crippen LogP contribution is -2.44. The third-order valence-corrected chi connectivity index (χ3v) is 7.34. The number of carbonyl (C=O) groups is 1. The summed E-state index contributed by atoms with van der Waals surface area (Å²) < 4.78 is 35.0. The number of fused-ring (bicyclic) bond motifs is 1.